The molecule has 1 aliphatic rings. The highest BCUT2D eigenvalue weighted by molar-refractivity contribution is 7.22. The van der Waals surface area contributed by atoms with Crippen LogP contribution in [0.1, 0.15) is 58.8 Å². The summed E-state index contributed by atoms with van der Waals surface area (Å²) < 4.78 is 7.35. The van der Waals surface area contributed by atoms with Crippen molar-refractivity contribution in [3.05, 3.63) is 58.9 Å². The first-order chi connectivity index (χ1) is 19.4. The smallest absolute Gasteiger partial charge is 0.163 e. The molecule has 0 aliphatic carbocycles. The maximum Gasteiger partial charge on any atom is 0.163 e. The van der Waals surface area contributed by atoms with Crippen molar-refractivity contribution in [2.24, 2.45) is 0 Å². The number of aryl methyl sites for hydroxylation is 1. The first-order valence-corrected chi connectivity index (χ1v) is 15.3. The molecule has 1 saturated heterocycles. The van der Waals surface area contributed by atoms with Gasteiger partial charge in [-0.15, -0.1) is 11.3 Å². The normalized spacial score (nSPS) is 15.6. The molecule has 0 unspecified atom stereocenters. The summed E-state index contributed by atoms with van der Waals surface area (Å²) >= 11 is 7.83. The minimum atomic E-state index is -0.719. The summed E-state index contributed by atoms with van der Waals surface area (Å²) in [7, 11) is 0. The second-order valence-electron chi connectivity index (χ2n) is 12.0. The maximum absolute atomic E-state index is 13.0. The summed E-state index contributed by atoms with van der Waals surface area (Å²) in [5.74, 6) is 0.827. The Balaban J connectivity index is 1.62. The molecule has 1 fully saturated rings. The molecule has 216 valence electrons. The number of hydrogen-bond donors (Lipinski definition) is 0. The Labute approximate surface area is 251 Å². The van der Waals surface area contributed by atoms with Crippen molar-refractivity contribution >= 4 is 44.8 Å². The van der Waals surface area contributed by atoms with E-state index in [1.165, 1.54) is 0 Å². The van der Waals surface area contributed by atoms with Gasteiger partial charge in [0.05, 0.1) is 28.2 Å². The Bertz CT molecular complexity index is 1550. The minimum Gasteiger partial charge on any atom is -0.360 e. The number of anilines is 1. The lowest BCUT2D eigenvalue weighted by molar-refractivity contribution is -0.138. The molecule has 9 heteroatoms. The molecule has 0 radical (unpaired) electrons. The number of nitrogens with zero attached hydrogens (tertiary/aromatic N) is 5. The van der Waals surface area contributed by atoms with E-state index in [0.717, 1.165) is 75.2 Å². The zero-order valence-electron chi connectivity index (χ0n) is 24.9. The number of ether oxygens (including phenoxy) is 1. The summed E-state index contributed by atoms with van der Waals surface area (Å²) in [6, 6.07) is 10.3. The van der Waals surface area contributed by atoms with E-state index in [9.17, 15) is 4.79 Å². The van der Waals surface area contributed by atoms with Crippen molar-refractivity contribution in [3.8, 4) is 21.8 Å². The van der Waals surface area contributed by atoms with Gasteiger partial charge in [-0.05, 0) is 77.8 Å². The van der Waals surface area contributed by atoms with Crippen molar-refractivity contribution in [1.82, 2.24) is 19.9 Å². The van der Waals surface area contributed by atoms with Crippen molar-refractivity contribution in [2.45, 2.75) is 66.2 Å². The maximum atomic E-state index is 13.0. The second kappa shape index (κ2) is 11.8. The summed E-state index contributed by atoms with van der Waals surface area (Å²) in [6.07, 6.45) is 2.90. The van der Waals surface area contributed by atoms with E-state index in [0.29, 0.717) is 11.1 Å². The number of piperazine rings is 1. The van der Waals surface area contributed by atoms with E-state index in [2.05, 4.69) is 34.7 Å². The third-order valence-corrected chi connectivity index (χ3v) is 8.74. The minimum absolute atomic E-state index is 0.0431. The number of halogens is 1. The Morgan fingerprint density at radius 1 is 1.05 bits per heavy atom. The highest BCUT2D eigenvalue weighted by Crippen LogP contribution is 2.44. The fraction of sp³-hybridized carbons (Fsp3) is 0.438. The van der Waals surface area contributed by atoms with Crippen molar-refractivity contribution in [1.29, 1.82) is 0 Å². The van der Waals surface area contributed by atoms with E-state index in [4.69, 9.17) is 26.3 Å². The van der Waals surface area contributed by atoms with Gasteiger partial charge < -0.3 is 9.64 Å². The molecule has 2 aromatic heterocycles. The topological polar surface area (TPSA) is 71.5 Å². The molecule has 0 N–H and O–H groups in total. The first kappa shape index (κ1) is 29.6. The molecule has 0 spiro atoms. The molecule has 0 amide bonds. The van der Waals surface area contributed by atoms with Gasteiger partial charge in [-0.1, -0.05) is 23.7 Å². The number of benzene rings is 2. The molecule has 7 nitrogen and oxygen atoms in total. The van der Waals surface area contributed by atoms with Gasteiger partial charge in [0.1, 0.15) is 22.6 Å². The molecule has 0 saturated carbocycles. The van der Waals surface area contributed by atoms with E-state index >= 15 is 0 Å². The summed E-state index contributed by atoms with van der Waals surface area (Å²) in [5, 5.41) is 1.44. The second-order valence-corrected chi connectivity index (χ2v) is 13.4. The molecule has 41 heavy (non-hydrogen) atoms. The lowest BCUT2D eigenvalue weighted by Crippen LogP contribution is -2.49. The first-order valence-electron chi connectivity index (χ1n) is 14.1. The average molecular weight is 592 g/mol. The summed E-state index contributed by atoms with van der Waals surface area (Å²) in [6.45, 7) is 17.8. The molecule has 3 heterocycles. The van der Waals surface area contributed by atoms with E-state index in [1.54, 1.807) is 24.5 Å². The zero-order valence-corrected chi connectivity index (χ0v) is 26.4. The number of carbonyl (C=O) groups is 1. The average Bonchev–Trinajstić information content (AvgIpc) is 3.35. The number of aromatic nitrogens is 3. The van der Waals surface area contributed by atoms with Crippen molar-refractivity contribution < 1.29 is 9.53 Å². The number of ketones is 1. The van der Waals surface area contributed by atoms with Gasteiger partial charge >= 0.3 is 0 Å². The Morgan fingerprint density at radius 3 is 2.34 bits per heavy atom. The van der Waals surface area contributed by atoms with E-state index in [-0.39, 0.29) is 5.78 Å². The number of fused-ring (bicyclic) bond motifs is 1. The number of hydrogen-bond acceptors (Lipinski definition) is 8. The SMILES string of the molecule is CC(=O)[C@@H](OC(C)(C)C)c1c(C)cc2nc(-c3cncc(N4CCN(C(C)C)CC4)n3)sc2c1-c1ccc(Cl)cc1. The monoisotopic (exact) mass is 591 g/mol. The molecule has 2 aromatic carbocycles. The van der Waals surface area contributed by atoms with Gasteiger partial charge in [0.25, 0.3) is 0 Å². The summed E-state index contributed by atoms with van der Waals surface area (Å²) in [5.41, 5.74) is 4.80. The van der Waals surface area contributed by atoms with Crippen LogP contribution >= 0.6 is 22.9 Å². The Morgan fingerprint density at radius 2 is 1.73 bits per heavy atom. The van der Waals surface area contributed by atoms with Crippen molar-refractivity contribution in [2.75, 3.05) is 31.1 Å². The Hall–Kier alpha value is -2.91. The molecule has 5 rings (SSSR count). The fourth-order valence-corrected chi connectivity index (χ4v) is 6.54. The zero-order chi connectivity index (χ0) is 29.5. The fourth-order valence-electron chi connectivity index (χ4n) is 5.34. The van der Waals surface area contributed by atoms with Crippen LogP contribution in [0.5, 0.6) is 0 Å². The quantitative estimate of drug-likeness (QED) is 0.222. The lowest BCUT2D eigenvalue weighted by atomic mass is 9.90. The van der Waals surface area contributed by atoms with E-state index < -0.39 is 11.7 Å². The van der Waals surface area contributed by atoms with Crippen LogP contribution < -0.4 is 4.90 Å². The highest BCUT2D eigenvalue weighted by atomic mass is 35.5. The molecule has 0 bridgehead atoms. The summed E-state index contributed by atoms with van der Waals surface area (Å²) in [4.78, 5) is 32.4. The third-order valence-electron chi connectivity index (χ3n) is 7.37. The van der Waals surface area contributed by atoms with Crippen LogP contribution in [0.25, 0.3) is 32.0 Å². The van der Waals surface area contributed by atoms with Gasteiger partial charge in [-0.3, -0.25) is 14.7 Å². The van der Waals surface area contributed by atoms with Crippen LogP contribution in [0.4, 0.5) is 5.82 Å². The number of carbonyl (C=O) groups excluding carboxylic acids is 1. The van der Waals surface area contributed by atoms with Crippen LogP contribution in [0.3, 0.4) is 0 Å². The van der Waals surface area contributed by atoms with Gasteiger partial charge in [-0.25, -0.2) is 9.97 Å². The number of thiazole rings is 1. The molecular weight excluding hydrogens is 554 g/mol. The van der Waals surface area contributed by atoms with E-state index in [1.807, 2.05) is 58.2 Å². The largest absolute Gasteiger partial charge is 0.360 e. The Kier molecular flexibility index (Phi) is 8.48. The van der Waals surface area contributed by atoms with Gasteiger partial charge in [-0.2, -0.15) is 0 Å². The van der Waals surface area contributed by atoms with Crippen LogP contribution in [0.15, 0.2) is 42.7 Å². The van der Waals surface area contributed by atoms with Crippen LogP contribution in [-0.4, -0.2) is 63.5 Å². The van der Waals surface area contributed by atoms with Crippen LogP contribution in [0.2, 0.25) is 5.02 Å². The molecule has 4 aromatic rings. The standard InChI is InChI=1S/C32H38ClN5O2S/c1-19(2)37-12-14-38(15-13-37)26-18-34-17-25(35-26)31-36-24-16-20(3)27(29(21(4)39)40-32(5,6)7)28(30(24)41-31)22-8-10-23(33)11-9-22/h8-11,16-19,29H,12-15H2,1-7H3/t29-/m1/s1. The van der Waals surface area contributed by atoms with Crippen molar-refractivity contribution in [3.63, 3.8) is 0 Å². The predicted octanol–water partition coefficient (Wildman–Crippen LogP) is 7.36. The lowest BCUT2D eigenvalue weighted by Gasteiger charge is -2.37. The van der Waals surface area contributed by atoms with Gasteiger partial charge in [0, 0.05) is 48.4 Å². The predicted molar refractivity (Wildman–Crippen MR) is 169 cm³/mol. The van der Waals surface area contributed by atoms with Crippen LogP contribution in [0, 0.1) is 6.92 Å². The molecule has 1 aliphatic heterocycles. The highest BCUT2D eigenvalue weighted by Gasteiger charge is 2.30. The molecular formula is C32H38ClN5O2S. The van der Waals surface area contributed by atoms with Crippen LogP contribution in [-0.2, 0) is 9.53 Å². The number of rotatable bonds is 7. The third kappa shape index (κ3) is 6.46. The molecule has 1 atom stereocenters. The number of Topliss-reactive ketones (excluding diaryl/α,β-unsaturated/α-hetero) is 1. The van der Waals surface area contributed by atoms with Gasteiger partial charge in [0.15, 0.2) is 5.78 Å². The van der Waals surface area contributed by atoms with Gasteiger partial charge in [0.2, 0.25) is 0 Å².